The van der Waals surface area contributed by atoms with E-state index in [9.17, 15) is 14.4 Å². The van der Waals surface area contributed by atoms with Gasteiger partial charge in [-0.05, 0) is 99.9 Å². The molecule has 37 heavy (non-hydrogen) atoms. The number of amides is 1. The standard InChI is InChI=1S/C29H31N5O3/c35-27(31-23-14-12-22(13-15-23)30-16-3-4-17-33-18-5-6-19-33)21-8-7-9-24(20-21)34-28(36)25-10-1-2-11-26(25)32-29(34)37/h1-2,7-15,20,30H,3-6,16-19H2,(H,31,35)(H,32,37). The molecular weight excluding hydrogens is 466 g/mol. The maximum absolute atomic E-state index is 13.0. The Bertz CT molecular complexity index is 1500. The lowest BCUT2D eigenvalue weighted by atomic mass is 10.1. The Hall–Kier alpha value is -4.17. The first-order chi connectivity index (χ1) is 18.1. The van der Waals surface area contributed by atoms with E-state index in [1.165, 1.54) is 38.9 Å². The number of hydrogen-bond donors (Lipinski definition) is 3. The van der Waals surface area contributed by atoms with E-state index in [-0.39, 0.29) is 5.91 Å². The molecule has 1 saturated heterocycles. The highest BCUT2D eigenvalue weighted by Crippen LogP contribution is 2.16. The minimum Gasteiger partial charge on any atom is -0.385 e. The summed E-state index contributed by atoms with van der Waals surface area (Å²) >= 11 is 0. The van der Waals surface area contributed by atoms with Gasteiger partial charge in [0.25, 0.3) is 11.5 Å². The number of unbranched alkanes of at least 4 members (excludes halogenated alkanes) is 1. The van der Waals surface area contributed by atoms with E-state index in [4.69, 9.17) is 0 Å². The molecule has 1 aromatic heterocycles. The molecule has 0 radical (unpaired) electrons. The monoisotopic (exact) mass is 497 g/mol. The summed E-state index contributed by atoms with van der Waals surface area (Å²) in [6.07, 6.45) is 4.97. The maximum atomic E-state index is 13.0. The van der Waals surface area contributed by atoms with Crippen molar-refractivity contribution in [1.29, 1.82) is 0 Å². The van der Waals surface area contributed by atoms with Gasteiger partial charge in [0.1, 0.15) is 0 Å². The number of nitrogens with zero attached hydrogens (tertiary/aromatic N) is 2. The van der Waals surface area contributed by atoms with E-state index in [1.807, 2.05) is 24.3 Å². The Balaban J connectivity index is 1.21. The van der Waals surface area contributed by atoms with E-state index in [1.54, 1.807) is 48.5 Å². The Morgan fingerprint density at radius 1 is 0.865 bits per heavy atom. The van der Waals surface area contributed by atoms with Crippen molar-refractivity contribution in [3.8, 4) is 5.69 Å². The molecule has 5 rings (SSSR count). The normalized spacial score (nSPS) is 13.6. The molecular formula is C29H31N5O3. The maximum Gasteiger partial charge on any atom is 0.333 e. The number of H-pyrrole nitrogens is 1. The summed E-state index contributed by atoms with van der Waals surface area (Å²) in [4.78, 5) is 43.8. The SMILES string of the molecule is O=C(Nc1ccc(NCCCCN2CCCC2)cc1)c1cccc(-n2c(=O)[nH]c3ccccc3c2=O)c1. The molecule has 8 nitrogen and oxygen atoms in total. The molecule has 0 bridgehead atoms. The van der Waals surface area contributed by atoms with Crippen LogP contribution in [0.3, 0.4) is 0 Å². The first-order valence-electron chi connectivity index (χ1n) is 12.8. The van der Waals surface area contributed by atoms with Crippen molar-refractivity contribution in [3.63, 3.8) is 0 Å². The van der Waals surface area contributed by atoms with Gasteiger partial charge in [0.05, 0.1) is 16.6 Å². The molecule has 0 atom stereocenters. The van der Waals surface area contributed by atoms with Crippen molar-refractivity contribution in [2.75, 3.05) is 36.8 Å². The summed E-state index contributed by atoms with van der Waals surface area (Å²) in [5, 5.41) is 6.72. The molecule has 2 heterocycles. The molecule has 0 unspecified atom stereocenters. The summed E-state index contributed by atoms with van der Waals surface area (Å²) < 4.78 is 1.05. The van der Waals surface area contributed by atoms with Gasteiger partial charge in [-0.15, -0.1) is 0 Å². The predicted octanol–water partition coefficient (Wildman–Crippen LogP) is 4.22. The second kappa shape index (κ2) is 11.3. The number of rotatable bonds is 9. The van der Waals surface area contributed by atoms with Gasteiger partial charge < -0.3 is 20.5 Å². The highest BCUT2D eigenvalue weighted by Gasteiger charge is 2.13. The molecule has 1 aliphatic rings. The smallest absolute Gasteiger partial charge is 0.333 e. The van der Waals surface area contributed by atoms with Crippen LogP contribution in [-0.4, -0.2) is 46.5 Å². The van der Waals surface area contributed by atoms with E-state index in [0.29, 0.717) is 27.8 Å². The molecule has 0 spiro atoms. The molecule has 3 N–H and O–H groups in total. The summed E-state index contributed by atoms with van der Waals surface area (Å²) in [5.74, 6) is -0.324. The van der Waals surface area contributed by atoms with Gasteiger partial charge in [-0.25, -0.2) is 9.36 Å². The highest BCUT2D eigenvalue weighted by molar-refractivity contribution is 6.04. The number of hydrogen-bond acceptors (Lipinski definition) is 5. The van der Waals surface area contributed by atoms with Crippen LogP contribution in [0.5, 0.6) is 0 Å². The average Bonchev–Trinajstić information content (AvgIpc) is 3.43. The number of aromatic amines is 1. The molecule has 0 saturated carbocycles. The van der Waals surface area contributed by atoms with E-state index in [0.717, 1.165) is 23.2 Å². The van der Waals surface area contributed by atoms with Gasteiger partial charge in [-0.3, -0.25) is 9.59 Å². The van der Waals surface area contributed by atoms with Crippen LogP contribution in [0.15, 0.2) is 82.4 Å². The topological polar surface area (TPSA) is 99.2 Å². The Labute approximate surface area is 214 Å². The number of aromatic nitrogens is 2. The van der Waals surface area contributed by atoms with Gasteiger partial charge >= 0.3 is 5.69 Å². The lowest BCUT2D eigenvalue weighted by Crippen LogP contribution is -2.33. The van der Waals surface area contributed by atoms with Gasteiger partial charge in [0, 0.05) is 23.5 Å². The number of nitrogens with one attached hydrogen (secondary N) is 3. The number of fused-ring (bicyclic) bond motifs is 1. The van der Waals surface area contributed by atoms with Crippen molar-refractivity contribution in [1.82, 2.24) is 14.5 Å². The van der Waals surface area contributed by atoms with Crippen LogP contribution >= 0.6 is 0 Å². The molecule has 190 valence electrons. The fourth-order valence-corrected chi connectivity index (χ4v) is 4.76. The van der Waals surface area contributed by atoms with Crippen molar-refractivity contribution in [3.05, 3.63) is 99.2 Å². The lowest BCUT2D eigenvalue weighted by Gasteiger charge is -2.14. The van der Waals surface area contributed by atoms with Crippen molar-refractivity contribution in [2.45, 2.75) is 25.7 Å². The summed E-state index contributed by atoms with van der Waals surface area (Å²) in [7, 11) is 0. The quantitative estimate of drug-likeness (QED) is 0.301. The Morgan fingerprint density at radius 3 is 2.43 bits per heavy atom. The number of anilines is 2. The highest BCUT2D eigenvalue weighted by atomic mass is 16.2. The van der Waals surface area contributed by atoms with Crippen LogP contribution in [0.1, 0.15) is 36.0 Å². The van der Waals surface area contributed by atoms with Crippen LogP contribution in [0.4, 0.5) is 11.4 Å². The van der Waals surface area contributed by atoms with Crippen LogP contribution in [0, 0.1) is 0 Å². The first kappa shape index (κ1) is 24.5. The fraction of sp³-hybridized carbons (Fsp3) is 0.276. The number of carbonyl (C=O) groups excluding carboxylic acids is 1. The van der Waals surface area contributed by atoms with E-state index < -0.39 is 11.2 Å². The van der Waals surface area contributed by atoms with Crippen LogP contribution in [0.2, 0.25) is 0 Å². The molecule has 1 aliphatic heterocycles. The first-order valence-corrected chi connectivity index (χ1v) is 12.8. The van der Waals surface area contributed by atoms with Crippen LogP contribution in [0.25, 0.3) is 16.6 Å². The number of likely N-dealkylation sites (tertiary alicyclic amines) is 1. The van der Waals surface area contributed by atoms with Gasteiger partial charge in [-0.1, -0.05) is 18.2 Å². The third-order valence-electron chi connectivity index (χ3n) is 6.74. The average molecular weight is 498 g/mol. The molecule has 1 amide bonds. The van der Waals surface area contributed by atoms with Crippen molar-refractivity contribution >= 4 is 28.2 Å². The largest absolute Gasteiger partial charge is 0.385 e. The zero-order valence-electron chi connectivity index (χ0n) is 20.7. The van der Waals surface area contributed by atoms with Gasteiger partial charge in [0.15, 0.2) is 0 Å². The zero-order chi connectivity index (χ0) is 25.6. The lowest BCUT2D eigenvalue weighted by molar-refractivity contribution is 0.102. The minimum atomic E-state index is -0.555. The minimum absolute atomic E-state index is 0.324. The Morgan fingerprint density at radius 2 is 1.62 bits per heavy atom. The van der Waals surface area contributed by atoms with Crippen LogP contribution in [-0.2, 0) is 0 Å². The third-order valence-corrected chi connectivity index (χ3v) is 6.74. The zero-order valence-corrected chi connectivity index (χ0v) is 20.7. The predicted molar refractivity (Wildman–Crippen MR) is 148 cm³/mol. The molecule has 1 fully saturated rings. The second-order valence-electron chi connectivity index (χ2n) is 9.38. The molecule has 8 heteroatoms. The molecule has 4 aromatic rings. The van der Waals surface area contributed by atoms with Gasteiger partial charge in [0.2, 0.25) is 0 Å². The second-order valence-corrected chi connectivity index (χ2v) is 9.38. The molecule has 3 aromatic carbocycles. The number of carbonyl (C=O) groups is 1. The molecule has 0 aliphatic carbocycles. The van der Waals surface area contributed by atoms with Crippen LogP contribution < -0.4 is 21.9 Å². The van der Waals surface area contributed by atoms with Crippen molar-refractivity contribution in [2.24, 2.45) is 0 Å². The van der Waals surface area contributed by atoms with Gasteiger partial charge in [-0.2, -0.15) is 0 Å². The van der Waals surface area contributed by atoms with Crippen molar-refractivity contribution < 1.29 is 4.79 Å². The summed E-state index contributed by atoms with van der Waals surface area (Å²) in [5.41, 5.74) is 1.83. The Kier molecular flexibility index (Phi) is 7.46. The fourth-order valence-electron chi connectivity index (χ4n) is 4.76. The van der Waals surface area contributed by atoms with E-state index >= 15 is 0 Å². The van der Waals surface area contributed by atoms with E-state index in [2.05, 4.69) is 20.5 Å². The number of para-hydroxylation sites is 1. The summed E-state index contributed by atoms with van der Waals surface area (Å²) in [6.45, 7) is 4.58. The number of benzene rings is 3. The third kappa shape index (κ3) is 5.81. The summed E-state index contributed by atoms with van der Waals surface area (Å²) in [6, 6.07) is 20.9.